The van der Waals surface area contributed by atoms with Gasteiger partial charge in [-0.2, -0.15) is 0 Å². The number of carbonyl (C=O) groups is 3. The van der Waals surface area contributed by atoms with E-state index in [1.165, 1.54) is 23.1 Å². The molecule has 0 aromatic heterocycles. The highest BCUT2D eigenvalue weighted by Gasteiger charge is 2.35. The lowest BCUT2D eigenvalue weighted by atomic mass is 10.1. The Kier molecular flexibility index (Phi) is 5.95. The van der Waals surface area contributed by atoms with Crippen molar-refractivity contribution in [2.75, 3.05) is 11.5 Å². The number of aryl methyl sites for hydroxylation is 1. The first-order chi connectivity index (χ1) is 13.8. The predicted molar refractivity (Wildman–Crippen MR) is 112 cm³/mol. The molecule has 1 saturated heterocycles. The van der Waals surface area contributed by atoms with E-state index in [0.717, 1.165) is 5.56 Å². The smallest absolute Gasteiger partial charge is 0.341 e. The maximum atomic E-state index is 13.0. The van der Waals surface area contributed by atoms with E-state index in [1.54, 1.807) is 18.2 Å². The third-order valence-electron chi connectivity index (χ3n) is 4.08. The molecule has 0 spiro atoms. The minimum atomic E-state index is -1.14. The predicted octanol–water partition coefficient (Wildman–Crippen LogP) is 2.94. The summed E-state index contributed by atoms with van der Waals surface area (Å²) in [6.45, 7) is 1.30. The number of benzene rings is 2. The molecule has 2 aromatic carbocycles. The Morgan fingerprint density at radius 1 is 1.28 bits per heavy atom. The van der Waals surface area contributed by atoms with E-state index in [2.05, 4.69) is 5.32 Å². The van der Waals surface area contributed by atoms with Crippen molar-refractivity contribution in [2.24, 2.45) is 0 Å². The van der Waals surface area contributed by atoms with Gasteiger partial charge in [0.25, 0.3) is 11.8 Å². The maximum Gasteiger partial charge on any atom is 0.341 e. The van der Waals surface area contributed by atoms with E-state index < -0.39 is 24.4 Å². The van der Waals surface area contributed by atoms with Crippen LogP contribution in [0.3, 0.4) is 0 Å². The quantitative estimate of drug-likeness (QED) is 0.430. The van der Waals surface area contributed by atoms with Crippen LogP contribution < -0.4 is 15.0 Å². The first-order valence-electron chi connectivity index (χ1n) is 8.39. The number of carbonyl (C=O) groups excluding carboxylic acids is 2. The number of hydrogen-bond donors (Lipinski definition) is 2. The molecule has 1 heterocycles. The molecule has 1 aliphatic rings. The van der Waals surface area contributed by atoms with Crippen LogP contribution in [0.4, 0.5) is 5.69 Å². The average Bonchev–Trinajstić information content (AvgIpc) is 2.65. The molecule has 0 saturated carbocycles. The van der Waals surface area contributed by atoms with Crippen LogP contribution in [-0.2, 0) is 14.4 Å². The zero-order valence-corrected chi connectivity index (χ0v) is 16.7. The molecule has 2 amide bonds. The molecular formula is C20H15ClN2O5S. The summed E-state index contributed by atoms with van der Waals surface area (Å²) in [5.41, 5.74) is 1.75. The Bertz CT molecular complexity index is 1070. The SMILES string of the molecule is Cc1ccccc1N1C(=O)/C(=C\c2ccc(OCC(=O)O)c(Cl)c2)C(=O)NC1=S. The summed E-state index contributed by atoms with van der Waals surface area (Å²) in [5, 5.41) is 11.4. The van der Waals surface area contributed by atoms with Gasteiger partial charge in [-0.25, -0.2) is 4.79 Å². The van der Waals surface area contributed by atoms with E-state index >= 15 is 0 Å². The number of nitrogens with one attached hydrogen (secondary N) is 1. The van der Waals surface area contributed by atoms with Gasteiger partial charge in [-0.3, -0.25) is 19.8 Å². The van der Waals surface area contributed by atoms with Crippen LogP contribution in [0, 0.1) is 6.92 Å². The molecule has 3 rings (SSSR count). The van der Waals surface area contributed by atoms with Crippen molar-refractivity contribution in [3.05, 3.63) is 64.2 Å². The van der Waals surface area contributed by atoms with Gasteiger partial charge in [0.2, 0.25) is 0 Å². The van der Waals surface area contributed by atoms with Crippen LogP contribution in [0.2, 0.25) is 5.02 Å². The van der Waals surface area contributed by atoms with Crippen LogP contribution in [0.1, 0.15) is 11.1 Å². The number of nitrogens with zero attached hydrogens (tertiary/aromatic N) is 1. The van der Waals surface area contributed by atoms with Gasteiger partial charge in [0.15, 0.2) is 11.7 Å². The number of anilines is 1. The summed E-state index contributed by atoms with van der Waals surface area (Å²) < 4.78 is 5.06. The number of amides is 2. The number of carboxylic acids is 1. The fraction of sp³-hybridized carbons (Fsp3) is 0.100. The first-order valence-corrected chi connectivity index (χ1v) is 9.18. The molecule has 0 aliphatic carbocycles. The molecule has 1 fully saturated rings. The number of rotatable bonds is 5. The number of hydrogen-bond acceptors (Lipinski definition) is 5. The van der Waals surface area contributed by atoms with Crippen LogP contribution in [-0.4, -0.2) is 34.6 Å². The van der Waals surface area contributed by atoms with Crippen molar-refractivity contribution in [3.63, 3.8) is 0 Å². The Balaban J connectivity index is 1.94. The van der Waals surface area contributed by atoms with Crippen LogP contribution >= 0.6 is 23.8 Å². The van der Waals surface area contributed by atoms with E-state index in [1.807, 2.05) is 19.1 Å². The third-order valence-corrected chi connectivity index (χ3v) is 4.66. The minimum Gasteiger partial charge on any atom is -0.480 e. The molecule has 29 heavy (non-hydrogen) atoms. The minimum absolute atomic E-state index is 0.00176. The lowest BCUT2D eigenvalue weighted by Gasteiger charge is -2.30. The second-order valence-corrected chi connectivity index (χ2v) is 6.91. The molecule has 0 atom stereocenters. The number of halogens is 1. The van der Waals surface area contributed by atoms with Gasteiger partial charge in [0.05, 0.1) is 10.7 Å². The summed E-state index contributed by atoms with van der Waals surface area (Å²) in [6, 6.07) is 11.7. The Morgan fingerprint density at radius 2 is 2.00 bits per heavy atom. The van der Waals surface area contributed by atoms with Crippen molar-refractivity contribution in [1.82, 2.24) is 5.32 Å². The van der Waals surface area contributed by atoms with Crippen molar-refractivity contribution < 1.29 is 24.2 Å². The van der Waals surface area contributed by atoms with Gasteiger partial charge in [-0.05, 0) is 54.5 Å². The van der Waals surface area contributed by atoms with Gasteiger partial charge in [0, 0.05) is 0 Å². The Morgan fingerprint density at radius 3 is 2.66 bits per heavy atom. The molecule has 7 nitrogen and oxygen atoms in total. The number of thiocarbonyl (C=S) groups is 1. The molecule has 2 aromatic rings. The third kappa shape index (κ3) is 4.44. The summed E-state index contributed by atoms with van der Waals surface area (Å²) in [4.78, 5) is 37.3. The lowest BCUT2D eigenvalue weighted by Crippen LogP contribution is -2.54. The van der Waals surface area contributed by atoms with Crippen LogP contribution in [0.15, 0.2) is 48.0 Å². The van der Waals surface area contributed by atoms with Gasteiger partial charge in [-0.1, -0.05) is 35.9 Å². The van der Waals surface area contributed by atoms with Crippen molar-refractivity contribution in [2.45, 2.75) is 6.92 Å². The van der Waals surface area contributed by atoms with Crippen molar-refractivity contribution in [3.8, 4) is 5.75 Å². The standard InChI is InChI=1S/C20H15ClN2O5S/c1-11-4-2-3-5-15(11)23-19(27)13(18(26)22-20(23)29)8-12-6-7-16(14(21)9-12)28-10-17(24)25/h2-9H,10H2,1H3,(H,24,25)(H,22,26,29)/b13-8-. The number of ether oxygens (including phenoxy) is 1. The molecule has 1 aliphatic heterocycles. The second-order valence-electron chi connectivity index (χ2n) is 6.12. The summed E-state index contributed by atoms with van der Waals surface area (Å²) in [5.74, 6) is -2.13. The number of carboxylic acid groups (broad SMARTS) is 1. The molecule has 148 valence electrons. The number of aliphatic carboxylic acids is 1. The zero-order chi connectivity index (χ0) is 21.1. The zero-order valence-electron chi connectivity index (χ0n) is 15.1. The van der Waals surface area contributed by atoms with Gasteiger partial charge < -0.3 is 9.84 Å². The maximum absolute atomic E-state index is 13.0. The van der Waals surface area contributed by atoms with Gasteiger partial charge in [0.1, 0.15) is 11.3 Å². The largest absolute Gasteiger partial charge is 0.480 e. The molecule has 0 unspecified atom stereocenters. The molecular weight excluding hydrogens is 416 g/mol. The second kappa shape index (κ2) is 8.42. The van der Waals surface area contributed by atoms with Crippen LogP contribution in [0.25, 0.3) is 6.08 Å². The summed E-state index contributed by atoms with van der Waals surface area (Å²) in [6.07, 6.45) is 1.39. The fourth-order valence-electron chi connectivity index (χ4n) is 2.72. The molecule has 2 N–H and O–H groups in total. The normalized spacial score (nSPS) is 15.4. The van der Waals surface area contributed by atoms with Gasteiger partial charge in [-0.15, -0.1) is 0 Å². The molecule has 9 heteroatoms. The van der Waals surface area contributed by atoms with E-state index in [4.69, 9.17) is 33.7 Å². The lowest BCUT2D eigenvalue weighted by molar-refractivity contribution is -0.139. The fourth-order valence-corrected chi connectivity index (χ4v) is 3.24. The highest BCUT2D eigenvalue weighted by atomic mass is 35.5. The van der Waals surface area contributed by atoms with E-state index in [0.29, 0.717) is 11.3 Å². The summed E-state index contributed by atoms with van der Waals surface area (Å²) in [7, 11) is 0. The summed E-state index contributed by atoms with van der Waals surface area (Å²) >= 11 is 11.3. The molecule has 0 bridgehead atoms. The van der Waals surface area contributed by atoms with Crippen molar-refractivity contribution in [1.29, 1.82) is 0 Å². The topological polar surface area (TPSA) is 95.9 Å². The Labute approximate surface area is 176 Å². The Hall–Kier alpha value is -3.23. The van der Waals surface area contributed by atoms with Crippen LogP contribution in [0.5, 0.6) is 5.75 Å². The number of para-hydroxylation sites is 1. The average molecular weight is 431 g/mol. The highest BCUT2D eigenvalue weighted by molar-refractivity contribution is 7.80. The van der Waals surface area contributed by atoms with E-state index in [-0.39, 0.29) is 21.5 Å². The first kappa shape index (κ1) is 20.5. The molecule has 0 radical (unpaired) electrons. The van der Waals surface area contributed by atoms with Gasteiger partial charge >= 0.3 is 5.97 Å². The monoisotopic (exact) mass is 430 g/mol. The highest BCUT2D eigenvalue weighted by Crippen LogP contribution is 2.28. The van der Waals surface area contributed by atoms with E-state index in [9.17, 15) is 14.4 Å². The van der Waals surface area contributed by atoms with Crippen molar-refractivity contribution >= 4 is 58.5 Å².